The van der Waals surface area contributed by atoms with Crippen LogP contribution in [-0.2, 0) is 15.4 Å². The Morgan fingerprint density at radius 3 is 2.00 bits per heavy atom. The van der Waals surface area contributed by atoms with Crippen molar-refractivity contribution in [1.82, 2.24) is 0 Å². The fraction of sp³-hybridized carbons (Fsp3) is 0.588. The molecule has 24 heavy (non-hydrogen) atoms. The van der Waals surface area contributed by atoms with E-state index in [1.165, 1.54) is 0 Å². The monoisotopic (exact) mass is 364 g/mol. The van der Waals surface area contributed by atoms with Gasteiger partial charge in [-0.15, -0.1) is 11.6 Å². The number of rotatable bonds is 8. The molecule has 0 amide bonds. The van der Waals surface area contributed by atoms with Gasteiger partial charge in [0.15, 0.2) is 6.29 Å². The zero-order valence-electron chi connectivity index (χ0n) is 14.8. The summed E-state index contributed by atoms with van der Waals surface area (Å²) in [5.74, 6) is 1.05. The lowest BCUT2D eigenvalue weighted by atomic mass is 10.1. The second-order valence-corrected chi connectivity index (χ2v) is 4.56. The van der Waals surface area contributed by atoms with E-state index < -0.39 is 0 Å². The van der Waals surface area contributed by atoms with Gasteiger partial charge in [0.25, 0.3) is 0 Å². The number of methoxy groups -OCH3 is 1. The molecule has 0 saturated carbocycles. The van der Waals surface area contributed by atoms with Gasteiger partial charge in [0.1, 0.15) is 12.0 Å². The molecule has 7 heteroatoms. The van der Waals surface area contributed by atoms with Gasteiger partial charge in [-0.2, -0.15) is 0 Å². The Balaban J connectivity index is 0. The molecule has 0 aromatic heterocycles. The van der Waals surface area contributed by atoms with Crippen LogP contribution < -0.4 is 4.74 Å². The third kappa shape index (κ3) is 14.4. The van der Waals surface area contributed by atoms with E-state index in [1.54, 1.807) is 25.3 Å². The van der Waals surface area contributed by atoms with Crippen molar-refractivity contribution in [2.75, 3.05) is 33.5 Å². The number of carbonyl (C=O) groups is 1. The molecule has 0 aliphatic carbocycles. The highest BCUT2D eigenvalue weighted by atomic mass is 35.5. The Labute approximate surface area is 149 Å². The zero-order valence-corrected chi connectivity index (χ0v) is 15.6. The third-order valence-electron chi connectivity index (χ3n) is 2.42. The van der Waals surface area contributed by atoms with Gasteiger partial charge in [-0.3, -0.25) is 4.79 Å². The molecule has 0 radical (unpaired) electrons. The van der Waals surface area contributed by atoms with Crippen LogP contribution in [0.3, 0.4) is 0 Å². The van der Waals surface area contributed by atoms with Crippen molar-refractivity contribution in [2.24, 2.45) is 0 Å². The van der Waals surface area contributed by atoms with E-state index in [4.69, 9.17) is 36.0 Å². The molecule has 0 bridgehead atoms. The normalized spacial score (nSPS) is 9.50. The number of carbonyl (C=O) groups excluding carboxylic acids is 1. The van der Waals surface area contributed by atoms with E-state index in [0.29, 0.717) is 17.2 Å². The second kappa shape index (κ2) is 18.2. The summed E-state index contributed by atoms with van der Waals surface area (Å²) in [6.07, 6.45) is 0.739. The standard InChI is InChI=1S/C9H9ClO2.C6H14O2.C2H6O2/c1-12-9-3-7(5-10)2-8(4-9)6-11;1-4-7-6(3)8-5-2;3-1-2-4/h2-4,6H,5H2,1H3;6H,4-5H2,1-3H3;3-4H,1-2H2. The molecular formula is C17H29ClO6. The van der Waals surface area contributed by atoms with Gasteiger partial charge in [-0.25, -0.2) is 0 Å². The van der Waals surface area contributed by atoms with Crippen molar-refractivity contribution >= 4 is 17.9 Å². The molecule has 0 spiro atoms. The van der Waals surface area contributed by atoms with Gasteiger partial charge >= 0.3 is 0 Å². The fourth-order valence-electron chi connectivity index (χ4n) is 1.47. The molecule has 1 aromatic rings. The van der Waals surface area contributed by atoms with Crippen LogP contribution in [0.4, 0.5) is 0 Å². The molecule has 0 aliphatic heterocycles. The van der Waals surface area contributed by atoms with Crippen LogP contribution in [0.25, 0.3) is 0 Å². The van der Waals surface area contributed by atoms with E-state index in [2.05, 4.69) is 0 Å². The predicted octanol–water partition coefficient (Wildman–Crippen LogP) is 2.62. The van der Waals surface area contributed by atoms with Gasteiger partial charge < -0.3 is 24.4 Å². The van der Waals surface area contributed by atoms with E-state index in [9.17, 15) is 4.79 Å². The van der Waals surface area contributed by atoms with Crippen LogP contribution in [0.2, 0.25) is 0 Å². The van der Waals surface area contributed by atoms with Crippen LogP contribution >= 0.6 is 11.6 Å². The number of halogens is 1. The minimum absolute atomic E-state index is 0.0370. The molecule has 0 fully saturated rings. The Hall–Kier alpha value is -1.18. The maximum Gasteiger partial charge on any atom is 0.154 e. The topological polar surface area (TPSA) is 85.2 Å². The molecular weight excluding hydrogens is 336 g/mol. The van der Waals surface area contributed by atoms with Gasteiger partial charge in [-0.05, 0) is 44.5 Å². The summed E-state index contributed by atoms with van der Waals surface area (Å²) in [6.45, 7) is 7.00. The van der Waals surface area contributed by atoms with E-state index in [1.807, 2.05) is 20.8 Å². The molecule has 0 heterocycles. The van der Waals surface area contributed by atoms with Crippen molar-refractivity contribution in [3.63, 3.8) is 0 Å². The van der Waals surface area contributed by atoms with Crippen LogP contribution in [0.5, 0.6) is 5.75 Å². The second-order valence-electron chi connectivity index (χ2n) is 4.29. The summed E-state index contributed by atoms with van der Waals surface area (Å²) in [7, 11) is 1.56. The van der Waals surface area contributed by atoms with Crippen LogP contribution in [0.15, 0.2) is 18.2 Å². The Morgan fingerprint density at radius 1 is 1.12 bits per heavy atom. The smallest absolute Gasteiger partial charge is 0.154 e. The number of hydrogen-bond acceptors (Lipinski definition) is 6. The SMILES string of the molecule is CCOC(C)OCC.COc1cc(C=O)cc(CCl)c1.OCCO. The van der Waals surface area contributed by atoms with Crippen LogP contribution in [-0.4, -0.2) is 56.3 Å². The van der Waals surface area contributed by atoms with Crippen molar-refractivity contribution in [2.45, 2.75) is 32.9 Å². The quantitative estimate of drug-likeness (QED) is 0.419. The molecule has 0 unspecified atom stereocenters. The highest BCUT2D eigenvalue weighted by molar-refractivity contribution is 6.17. The zero-order chi connectivity index (χ0) is 18.8. The Bertz CT molecular complexity index is 384. The first kappa shape index (κ1) is 25.1. The van der Waals surface area contributed by atoms with Crippen LogP contribution in [0, 0.1) is 0 Å². The maximum absolute atomic E-state index is 10.4. The molecule has 2 N–H and O–H groups in total. The molecule has 140 valence electrons. The number of aliphatic hydroxyl groups excluding tert-OH is 2. The van der Waals surface area contributed by atoms with E-state index in [-0.39, 0.29) is 19.5 Å². The molecule has 0 saturated heterocycles. The average Bonchev–Trinajstić information content (AvgIpc) is 2.62. The Morgan fingerprint density at radius 2 is 1.67 bits per heavy atom. The predicted molar refractivity (Wildman–Crippen MR) is 94.8 cm³/mol. The van der Waals surface area contributed by atoms with Gasteiger partial charge in [0.2, 0.25) is 0 Å². The van der Waals surface area contributed by atoms with Gasteiger partial charge in [0.05, 0.1) is 20.3 Å². The van der Waals surface area contributed by atoms with Crippen molar-refractivity contribution in [3.05, 3.63) is 29.3 Å². The van der Waals surface area contributed by atoms with E-state index in [0.717, 1.165) is 25.1 Å². The number of ether oxygens (including phenoxy) is 3. The lowest BCUT2D eigenvalue weighted by Crippen LogP contribution is -2.11. The minimum Gasteiger partial charge on any atom is -0.497 e. The first-order valence-corrected chi connectivity index (χ1v) is 8.20. The fourth-order valence-corrected chi connectivity index (χ4v) is 1.62. The summed E-state index contributed by atoms with van der Waals surface area (Å²) in [5.41, 5.74) is 1.48. The van der Waals surface area contributed by atoms with Gasteiger partial charge in [-0.1, -0.05) is 0 Å². The largest absolute Gasteiger partial charge is 0.497 e. The summed E-state index contributed by atoms with van der Waals surface area (Å²) >= 11 is 5.61. The van der Waals surface area contributed by atoms with Crippen LogP contribution in [0.1, 0.15) is 36.7 Å². The van der Waals surface area contributed by atoms with E-state index >= 15 is 0 Å². The summed E-state index contributed by atoms with van der Waals surface area (Å²) < 4.78 is 15.1. The lowest BCUT2D eigenvalue weighted by Gasteiger charge is -2.09. The first-order chi connectivity index (χ1) is 11.5. The van der Waals surface area contributed by atoms with Crippen molar-refractivity contribution < 1.29 is 29.2 Å². The summed E-state index contributed by atoms with van der Waals surface area (Å²) in [5, 5.41) is 15.2. The maximum atomic E-state index is 10.4. The number of hydrogen-bond donors (Lipinski definition) is 2. The first-order valence-electron chi connectivity index (χ1n) is 7.66. The minimum atomic E-state index is -0.125. The number of alkyl halides is 1. The Kier molecular flexibility index (Phi) is 19.0. The average molecular weight is 365 g/mol. The summed E-state index contributed by atoms with van der Waals surface area (Å²) in [4.78, 5) is 10.4. The lowest BCUT2D eigenvalue weighted by molar-refractivity contribution is -0.123. The molecule has 0 aliphatic rings. The third-order valence-corrected chi connectivity index (χ3v) is 2.73. The molecule has 6 nitrogen and oxygen atoms in total. The number of aliphatic hydroxyl groups is 2. The summed E-state index contributed by atoms with van der Waals surface area (Å²) in [6, 6.07) is 5.21. The molecule has 0 atom stereocenters. The number of aldehydes is 1. The molecule has 1 aromatic carbocycles. The highest BCUT2D eigenvalue weighted by Crippen LogP contribution is 2.17. The number of benzene rings is 1. The molecule has 1 rings (SSSR count). The van der Waals surface area contributed by atoms with Crippen molar-refractivity contribution in [3.8, 4) is 5.75 Å². The van der Waals surface area contributed by atoms with Crippen molar-refractivity contribution in [1.29, 1.82) is 0 Å². The van der Waals surface area contributed by atoms with Gasteiger partial charge in [0, 0.05) is 24.7 Å². The highest BCUT2D eigenvalue weighted by Gasteiger charge is 1.99.